The summed E-state index contributed by atoms with van der Waals surface area (Å²) in [5, 5.41) is 4.36. The summed E-state index contributed by atoms with van der Waals surface area (Å²) in [6.07, 6.45) is 6.84. The number of nitrogens with two attached hydrogens (primary N) is 4. The van der Waals surface area contributed by atoms with E-state index in [4.69, 9.17) is 22.9 Å². The van der Waals surface area contributed by atoms with Gasteiger partial charge in [-0.05, 0) is 59.8 Å². The third-order valence-corrected chi connectivity index (χ3v) is 7.66. The Morgan fingerprint density at radius 2 is 0.789 bits per heavy atom. The van der Waals surface area contributed by atoms with Crippen molar-refractivity contribution in [2.75, 3.05) is 22.9 Å². The molecule has 0 radical (unpaired) electrons. The number of unbranched alkanes of at least 4 members (excludes halogenated alkanes) is 2. The zero-order valence-corrected chi connectivity index (χ0v) is 24.3. The molecule has 4 nitrogen and oxygen atoms in total. The van der Waals surface area contributed by atoms with Gasteiger partial charge < -0.3 is 22.9 Å². The van der Waals surface area contributed by atoms with Crippen LogP contribution >= 0.6 is 0 Å². The molecule has 0 saturated heterocycles. The van der Waals surface area contributed by atoms with Gasteiger partial charge in [-0.15, -0.1) is 0 Å². The number of aryl methyl sites for hydroxylation is 2. The van der Waals surface area contributed by atoms with E-state index in [0.717, 1.165) is 57.1 Å². The third kappa shape index (κ3) is 6.18. The summed E-state index contributed by atoms with van der Waals surface area (Å²) in [5.74, 6) is 0.862. The SMILES string of the molecule is CC(C)c1ccc2c(N)c(C(C)C)ccc2c1N.CCCCc1ccc2c(N)c(CCCC)ccc2c1N. The van der Waals surface area contributed by atoms with Gasteiger partial charge in [0.1, 0.15) is 0 Å². The van der Waals surface area contributed by atoms with E-state index in [1.165, 1.54) is 47.9 Å². The molecule has 0 spiro atoms. The summed E-state index contributed by atoms with van der Waals surface area (Å²) in [6.45, 7) is 13.0. The molecule has 0 aliphatic carbocycles. The normalized spacial score (nSPS) is 11.4. The second-order valence-electron chi connectivity index (χ2n) is 11.1. The van der Waals surface area contributed by atoms with Crippen molar-refractivity contribution >= 4 is 44.3 Å². The predicted molar refractivity (Wildman–Crippen MR) is 171 cm³/mol. The molecule has 0 unspecified atom stereocenters. The van der Waals surface area contributed by atoms with Crippen molar-refractivity contribution in [3.05, 3.63) is 70.8 Å². The molecule has 0 aliphatic heterocycles. The largest absolute Gasteiger partial charge is 0.398 e. The fourth-order valence-corrected chi connectivity index (χ4v) is 5.21. The number of benzene rings is 4. The van der Waals surface area contributed by atoms with Crippen molar-refractivity contribution in [3.8, 4) is 0 Å². The molecule has 0 aromatic heterocycles. The van der Waals surface area contributed by atoms with E-state index in [1.807, 2.05) is 0 Å². The highest BCUT2D eigenvalue weighted by Crippen LogP contribution is 2.36. The number of fused-ring (bicyclic) bond motifs is 2. The van der Waals surface area contributed by atoms with Crippen molar-refractivity contribution in [1.82, 2.24) is 0 Å². The minimum absolute atomic E-state index is 0.431. The Hall–Kier alpha value is -3.40. The van der Waals surface area contributed by atoms with Gasteiger partial charge in [0.25, 0.3) is 0 Å². The molecular formula is C34H48N4. The van der Waals surface area contributed by atoms with Crippen LogP contribution in [0.1, 0.15) is 101 Å². The predicted octanol–water partition coefficient (Wildman–Crippen LogP) is 8.94. The maximum atomic E-state index is 6.32. The molecular weight excluding hydrogens is 464 g/mol. The van der Waals surface area contributed by atoms with Crippen molar-refractivity contribution in [2.24, 2.45) is 0 Å². The number of rotatable bonds is 8. The minimum Gasteiger partial charge on any atom is -0.398 e. The van der Waals surface area contributed by atoms with Gasteiger partial charge in [0.2, 0.25) is 0 Å². The van der Waals surface area contributed by atoms with Crippen LogP contribution in [0, 0.1) is 0 Å². The molecule has 38 heavy (non-hydrogen) atoms. The van der Waals surface area contributed by atoms with Gasteiger partial charge in [-0.2, -0.15) is 0 Å². The van der Waals surface area contributed by atoms with Crippen molar-refractivity contribution in [1.29, 1.82) is 0 Å². The molecule has 4 aromatic rings. The van der Waals surface area contributed by atoms with E-state index >= 15 is 0 Å². The zero-order chi connectivity index (χ0) is 28.0. The van der Waals surface area contributed by atoms with Gasteiger partial charge in [-0.3, -0.25) is 0 Å². The second-order valence-corrected chi connectivity index (χ2v) is 11.1. The summed E-state index contributed by atoms with van der Waals surface area (Å²) >= 11 is 0. The Morgan fingerprint density at radius 1 is 0.474 bits per heavy atom. The first-order valence-corrected chi connectivity index (χ1v) is 14.3. The molecule has 0 amide bonds. The molecule has 0 heterocycles. The van der Waals surface area contributed by atoms with Crippen LogP contribution in [0.3, 0.4) is 0 Å². The Morgan fingerprint density at radius 3 is 1.11 bits per heavy atom. The average Bonchev–Trinajstić information content (AvgIpc) is 2.89. The Bertz CT molecular complexity index is 1280. The lowest BCUT2D eigenvalue weighted by Crippen LogP contribution is -2.01. The number of hydrogen-bond acceptors (Lipinski definition) is 4. The van der Waals surface area contributed by atoms with Gasteiger partial charge in [-0.1, -0.05) is 103 Å². The van der Waals surface area contributed by atoms with Crippen LogP contribution in [0.4, 0.5) is 22.7 Å². The summed E-state index contributed by atoms with van der Waals surface area (Å²) in [5.41, 5.74) is 33.6. The molecule has 4 heteroatoms. The van der Waals surface area contributed by atoms with Gasteiger partial charge in [0, 0.05) is 44.3 Å². The molecule has 0 saturated carbocycles. The summed E-state index contributed by atoms with van der Waals surface area (Å²) in [4.78, 5) is 0. The van der Waals surface area contributed by atoms with E-state index in [1.54, 1.807) is 0 Å². The molecule has 0 fully saturated rings. The van der Waals surface area contributed by atoms with Crippen LogP contribution in [0.2, 0.25) is 0 Å². The van der Waals surface area contributed by atoms with E-state index in [9.17, 15) is 0 Å². The van der Waals surface area contributed by atoms with Crippen molar-refractivity contribution in [3.63, 3.8) is 0 Å². The van der Waals surface area contributed by atoms with Crippen LogP contribution in [0.25, 0.3) is 21.5 Å². The second kappa shape index (κ2) is 12.9. The molecule has 0 atom stereocenters. The van der Waals surface area contributed by atoms with Crippen LogP contribution in [0.5, 0.6) is 0 Å². The number of hydrogen-bond donors (Lipinski definition) is 4. The van der Waals surface area contributed by atoms with E-state index in [0.29, 0.717) is 11.8 Å². The Kier molecular flexibility index (Phi) is 9.90. The fraction of sp³-hybridized carbons (Fsp3) is 0.412. The lowest BCUT2D eigenvalue weighted by molar-refractivity contribution is 0.796. The molecule has 0 aliphatic rings. The number of anilines is 4. The van der Waals surface area contributed by atoms with Crippen LogP contribution < -0.4 is 22.9 Å². The van der Waals surface area contributed by atoms with Gasteiger partial charge in [0.15, 0.2) is 0 Å². The monoisotopic (exact) mass is 512 g/mol. The number of nitrogen functional groups attached to an aromatic ring is 4. The van der Waals surface area contributed by atoms with E-state index in [2.05, 4.69) is 90.1 Å². The topological polar surface area (TPSA) is 104 Å². The smallest absolute Gasteiger partial charge is 0.0429 e. The standard InChI is InChI=1S/C18H26N2.C16H22N2/c1-3-5-7-13-9-11-16-15(17(13)19)12-10-14(18(16)20)8-6-4-2;1-9(2)11-5-7-14-13(15(11)17)8-6-12(10(3)4)16(14)18/h9-12H,3-8,19-20H2,1-2H3;5-10H,17-18H2,1-4H3. The highest BCUT2D eigenvalue weighted by Gasteiger charge is 2.13. The van der Waals surface area contributed by atoms with Crippen molar-refractivity contribution < 1.29 is 0 Å². The summed E-state index contributed by atoms with van der Waals surface area (Å²) < 4.78 is 0. The zero-order valence-electron chi connectivity index (χ0n) is 24.3. The molecule has 4 rings (SSSR count). The third-order valence-electron chi connectivity index (χ3n) is 7.66. The van der Waals surface area contributed by atoms with Crippen LogP contribution in [-0.4, -0.2) is 0 Å². The highest BCUT2D eigenvalue weighted by atomic mass is 14.6. The minimum atomic E-state index is 0.431. The summed E-state index contributed by atoms with van der Waals surface area (Å²) in [7, 11) is 0. The van der Waals surface area contributed by atoms with Gasteiger partial charge >= 0.3 is 0 Å². The first-order valence-electron chi connectivity index (χ1n) is 14.3. The molecule has 8 N–H and O–H groups in total. The van der Waals surface area contributed by atoms with E-state index < -0.39 is 0 Å². The molecule has 0 bridgehead atoms. The maximum Gasteiger partial charge on any atom is 0.0429 e. The Balaban J connectivity index is 0.000000212. The first-order chi connectivity index (χ1) is 18.1. The van der Waals surface area contributed by atoms with Crippen LogP contribution in [-0.2, 0) is 12.8 Å². The van der Waals surface area contributed by atoms with Gasteiger partial charge in [-0.25, -0.2) is 0 Å². The average molecular weight is 513 g/mol. The molecule has 4 aromatic carbocycles. The maximum absolute atomic E-state index is 6.32. The summed E-state index contributed by atoms with van der Waals surface area (Å²) in [6, 6.07) is 17.0. The van der Waals surface area contributed by atoms with Crippen LogP contribution in [0.15, 0.2) is 48.5 Å². The highest BCUT2D eigenvalue weighted by molar-refractivity contribution is 6.03. The Labute approximate surface area is 229 Å². The first kappa shape index (κ1) is 29.2. The van der Waals surface area contributed by atoms with E-state index in [-0.39, 0.29) is 0 Å². The lowest BCUT2D eigenvalue weighted by atomic mass is 9.92. The fourth-order valence-electron chi connectivity index (χ4n) is 5.21. The molecule has 204 valence electrons. The van der Waals surface area contributed by atoms with Crippen molar-refractivity contribution in [2.45, 2.75) is 91.9 Å². The quantitative estimate of drug-likeness (QED) is 0.177. The lowest BCUT2D eigenvalue weighted by Gasteiger charge is -2.16. The van der Waals surface area contributed by atoms with Gasteiger partial charge in [0.05, 0.1) is 0 Å².